The van der Waals surface area contributed by atoms with E-state index in [1.54, 1.807) is 0 Å². The van der Waals surface area contributed by atoms with Crippen molar-refractivity contribution in [2.75, 3.05) is 6.61 Å². The fourth-order valence-corrected chi connectivity index (χ4v) is 2.57. The Hall–Kier alpha value is -2.09. The molecule has 0 heterocycles. The lowest BCUT2D eigenvalue weighted by molar-refractivity contribution is -0.387. The minimum Gasteiger partial charge on any atom is -0.394 e. The van der Waals surface area contributed by atoms with E-state index in [2.05, 4.69) is 5.32 Å². The molecule has 0 spiro atoms. The van der Waals surface area contributed by atoms with Gasteiger partial charge in [-0.3, -0.25) is 14.9 Å². The number of nitro benzene ring substituents is 1. The fourth-order valence-electron chi connectivity index (χ4n) is 2.57. The van der Waals surface area contributed by atoms with Gasteiger partial charge in [-0.25, -0.2) is 4.39 Å². The van der Waals surface area contributed by atoms with Crippen LogP contribution < -0.4 is 5.32 Å². The third-order valence-electron chi connectivity index (χ3n) is 3.74. The van der Waals surface area contributed by atoms with Gasteiger partial charge in [0.25, 0.3) is 5.91 Å². The normalized spacial score (nSPS) is 16.7. The van der Waals surface area contributed by atoms with E-state index in [-0.39, 0.29) is 6.61 Å². The van der Waals surface area contributed by atoms with E-state index < -0.39 is 39.3 Å². The highest BCUT2D eigenvalue weighted by molar-refractivity contribution is 5.96. The molecule has 0 bridgehead atoms. The van der Waals surface area contributed by atoms with Gasteiger partial charge in [0.2, 0.25) is 5.82 Å². The zero-order valence-corrected chi connectivity index (χ0v) is 11.1. The predicted octanol–water partition coefficient (Wildman–Crippen LogP) is 1.91. The van der Waals surface area contributed by atoms with Crippen molar-refractivity contribution >= 4 is 11.6 Å². The summed E-state index contributed by atoms with van der Waals surface area (Å²) >= 11 is 0. The first-order chi connectivity index (χ1) is 9.90. The Kier molecular flexibility index (Phi) is 4.17. The average Bonchev–Trinajstić information content (AvgIpc) is 2.87. The molecule has 1 fully saturated rings. The number of nitro groups is 1. The molecule has 0 atom stereocenters. The maximum absolute atomic E-state index is 13.9. The van der Waals surface area contributed by atoms with E-state index in [4.69, 9.17) is 0 Å². The van der Waals surface area contributed by atoms with Crippen LogP contribution in [0.1, 0.15) is 36.0 Å². The molecule has 1 aliphatic carbocycles. The quantitative estimate of drug-likeness (QED) is 0.656. The minimum atomic E-state index is -1.51. The van der Waals surface area contributed by atoms with Crippen molar-refractivity contribution in [2.24, 2.45) is 0 Å². The van der Waals surface area contributed by atoms with Crippen molar-refractivity contribution in [1.82, 2.24) is 5.32 Å². The molecule has 0 radical (unpaired) electrons. The summed E-state index contributed by atoms with van der Waals surface area (Å²) in [6, 6.07) is 1.34. The highest BCUT2D eigenvalue weighted by Gasteiger charge is 2.37. The highest BCUT2D eigenvalue weighted by atomic mass is 19.1. The summed E-state index contributed by atoms with van der Waals surface area (Å²) in [6.45, 7) is -0.350. The van der Waals surface area contributed by atoms with Crippen LogP contribution in [0.4, 0.5) is 14.5 Å². The molecule has 0 unspecified atom stereocenters. The highest BCUT2D eigenvalue weighted by Crippen LogP contribution is 2.30. The SMILES string of the molecule is O=C(NC1(CO)CCCC1)c1c(F)ccc([N+](=O)[O-])c1F. The van der Waals surface area contributed by atoms with Crippen molar-refractivity contribution in [2.45, 2.75) is 31.2 Å². The number of nitrogens with one attached hydrogen (secondary N) is 1. The third-order valence-corrected chi connectivity index (χ3v) is 3.74. The van der Waals surface area contributed by atoms with Crippen molar-refractivity contribution < 1.29 is 23.6 Å². The van der Waals surface area contributed by atoms with E-state index in [0.29, 0.717) is 25.0 Å². The largest absolute Gasteiger partial charge is 0.394 e. The molecule has 0 aliphatic heterocycles. The van der Waals surface area contributed by atoms with Crippen molar-refractivity contribution in [3.8, 4) is 0 Å². The van der Waals surface area contributed by atoms with Crippen molar-refractivity contribution in [3.05, 3.63) is 39.4 Å². The molecule has 0 aromatic heterocycles. The van der Waals surface area contributed by atoms with Gasteiger partial charge in [0, 0.05) is 6.07 Å². The van der Waals surface area contributed by atoms with Crippen molar-refractivity contribution in [3.63, 3.8) is 0 Å². The summed E-state index contributed by atoms with van der Waals surface area (Å²) in [7, 11) is 0. The maximum Gasteiger partial charge on any atom is 0.305 e. The van der Waals surface area contributed by atoms with Crippen LogP contribution in [0, 0.1) is 21.7 Å². The molecule has 1 aliphatic rings. The molecule has 21 heavy (non-hydrogen) atoms. The first kappa shape index (κ1) is 15.3. The molecular weight excluding hydrogens is 286 g/mol. The molecular formula is C13H14F2N2O4. The Bertz CT molecular complexity index is 586. The van der Waals surface area contributed by atoms with E-state index in [1.807, 2.05) is 0 Å². The standard InChI is InChI=1S/C13H14F2N2O4/c14-8-3-4-9(17(20)21)11(15)10(8)12(19)16-13(7-18)5-1-2-6-13/h3-4,18H,1-2,5-7H2,(H,16,19). The lowest BCUT2D eigenvalue weighted by Gasteiger charge is -2.28. The summed E-state index contributed by atoms with van der Waals surface area (Å²) in [4.78, 5) is 21.7. The average molecular weight is 300 g/mol. The Morgan fingerprint density at radius 3 is 2.52 bits per heavy atom. The molecule has 1 amide bonds. The molecule has 2 N–H and O–H groups in total. The van der Waals surface area contributed by atoms with Crippen LogP contribution in [0.25, 0.3) is 0 Å². The zero-order valence-electron chi connectivity index (χ0n) is 11.1. The van der Waals surface area contributed by atoms with Gasteiger partial charge in [0.15, 0.2) is 0 Å². The lowest BCUT2D eigenvalue weighted by Crippen LogP contribution is -2.49. The fraction of sp³-hybridized carbons (Fsp3) is 0.462. The van der Waals surface area contributed by atoms with Crippen LogP contribution >= 0.6 is 0 Å². The van der Waals surface area contributed by atoms with Crippen LogP contribution in [-0.2, 0) is 0 Å². The molecule has 8 heteroatoms. The number of halogens is 2. The van der Waals surface area contributed by atoms with E-state index >= 15 is 0 Å². The van der Waals surface area contributed by atoms with Crippen molar-refractivity contribution in [1.29, 1.82) is 0 Å². The summed E-state index contributed by atoms with van der Waals surface area (Å²) in [5.74, 6) is -3.78. The van der Waals surface area contributed by atoms with Gasteiger partial charge >= 0.3 is 5.69 Å². The number of rotatable bonds is 4. The van der Waals surface area contributed by atoms with E-state index in [9.17, 15) is 28.8 Å². The summed E-state index contributed by atoms with van der Waals surface area (Å²) in [5.41, 5.74) is -2.88. The number of benzene rings is 1. The number of aliphatic hydroxyl groups is 1. The van der Waals surface area contributed by atoms with Crippen LogP contribution in [0.3, 0.4) is 0 Å². The molecule has 1 aromatic carbocycles. The number of aliphatic hydroxyl groups excluding tert-OH is 1. The van der Waals surface area contributed by atoms with Crippen LogP contribution in [0.15, 0.2) is 12.1 Å². The number of amides is 1. The maximum atomic E-state index is 13.9. The monoisotopic (exact) mass is 300 g/mol. The first-order valence-corrected chi connectivity index (χ1v) is 6.46. The molecule has 1 aromatic rings. The summed E-state index contributed by atoms with van der Waals surface area (Å²) < 4.78 is 27.6. The van der Waals surface area contributed by atoms with Gasteiger partial charge in [-0.1, -0.05) is 12.8 Å². The topological polar surface area (TPSA) is 92.5 Å². The second-order valence-corrected chi connectivity index (χ2v) is 5.11. The molecule has 2 rings (SSSR count). The lowest BCUT2D eigenvalue weighted by atomic mass is 9.98. The van der Waals surface area contributed by atoms with Crippen LogP contribution in [-0.4, -0.2) is 28.1 Å². The second-order valence-electron chi connectivity index (χ2n) is 5.11. The Balaban J connectivity index is 2.35. The second kappa shape index (κ2) is 5.72. The van der Waals surface area contributed by atoms with E-state index in [0.717, 1.165) is 12.8 Å². The number of carbonyl (C=O) groups is 1. The molecule has 6 nitrogen and oxygen atoms in total. The Morgan fingerprint density at radius 2 is 2.00 bits per heavy atom. The van der Waals surface area contributed by atoms with Gasteiger partial charge in [-0.05, 0) is 18.9 Å². The van der Waals surface area contributed by atoms with Gasteiger partial charge in [0.05, 0.1) is 17.1 Å². The number of hydrogen-bond donors (Lipinski definition) is 2. The van der Waals surface area contributed by atoms with Crippen LogP contribution in [0.2, 0.25) is 0 Å². The van der Waals surface area contributed by atoms with Gasteiger partial charge in [-0.2, -0.15) is 4.39 Å². The molecule has 0 saturated heterocycles. The van der Waals surface area contributed by atoms with Crippen LogP contribution in [0.5, 0.6) is 0 Å². The van der Waals surface area contributed by atoms with Gasteiger partial charge in [-0.15, -0.1) is 0 Å². The molecule has 114 valence electrons. The third kappa shape index (κ3) is 2.85. The van der Waals surface area contributed by atoms with Gasteiger partial charge < -0.3 is 10.4 Å². The summed E-state index contributed by atoms with van der Waals surface area (Å²) in [5, 5.41) is 22.4. The van der Waals surface area contributed by atoms with E-state index in [1.165, 1.54) is 0 Å². The smallest absolute Gasteiger partial charge is 0.305 e. The zero-order chi connectivity index (χ0) is 15.6. The van der Waals surface area contributed by atoms with Gasteiger partial charge in [0.1, 0.15) is 11.4 Å². The minimum absolute atomic E-state index is 0.350. The predicted molar refractivity (Wildman–Crippen MR) is 68.8 cm³/mol. The Labute approximate surface area is 118 Å². The number of nitrogens with zero attached hydrogens (tertiary/aromatic N) is 1. The molecule has 1 saturated carbocycles. The summed E-state index contributed by atoms with van der Waals surface area (Å²) in [6.07, 6.45) is 2.54. The number of carbonyl (C=O) groups excluding carboxylic acids is 1. The number of hydrogen-bond acceptors (Lipinski definition) is 4. The first-order valence-electron chi connectivity index (χ1n) is 6.46. The Morgan fingerprint density at radius 1 is 1.38 bits per heavy atom.